The Labute approximate surface area is 268 Å². The van der Waals surface area contributed by atoms with Crippen LogP contribution in [0.1, 0.15) is 55.2 Å². The summed E-state index contributed by atoms with van der Waals surface area (Å²) in [6.45, 7) is 5.62. The number of fused-ring (bicyclic) bond motifs is 7. The lowest BCUT2D eigenvalue weighted by atomic mass is 9.93. The van der Waals surface area contributed by atoms with Crippen molar-refractivity contribution in [2.45, 2.75) is 63.3 Å². The third-order valence-corrected chi connectivity index (χ3v) is 12.0. The molecule has 3 aromatic heterocycles. The molecule has 5 aliphatic rings. The number of anilines is 2. The van der Waals surface area contributed by atoms with Crippen LogP contribution in [0.5, 0.6) is 6.01 Å². The van der Waals surface area contributed by atoms with E-state index in [1.54, 1.807) is 0 Å². The minimum Gasteiger partial charge on any atom is -0.461 e. The first-order chi connectivity index (χ1) is 22.5. The number of hydrogen-bond donors (Lipinski definition) is 2. The average Bonchev–Trinajstić information content (AvgIpc) is 3.85. The van der Waals surface area contributed by atoms with Crippen LogP contribution in [0, 0.1) is 28.9 Å². The van der Waals surface area contributed by atoms with Gasteiger partial charge in [-0.3, -0.25) is 9.88 Å². The van der Waals surface area contributed by atoms with Gasteiger partial charge in [0.15, 0.2) is 11.6 Å². The molecule has 13 heteroatoms. The molecule has 0 spiro atoms. The molecule has 3 N–H and O–H groups in total. The van der Waals surface area contributed by atoms with Gasteiger partial charge in [-0.25, -0.2) is 8.78 Å². The maximum absolute atomic E-state index is 17.3. The van der Waals surface area contributed by atoms with E-state index in [0.717, 1.165) is 94.3 Å². The molecular weight excluding hydrogens is 610 g/mol. The monoisotopic (exact) mass is 644 g/mol. The minimum absolute atomic E-state index is 0.0315. The highest BCUT2D eigenvalue weighted by molar-refractivity contribution is 7.23. The van der Waals surface area contributed by atoms with Crippen LogP contribution in [0.15, 0.2) is 6.20 Å². The summed E-state index contributed by atoms with van der Waals surface area (Å²) in [5.74, 6) is -0.0354. The molecule has 46 heavy (non-hydrogen) atoms. The summed E-state index contributed by atoms with van der Waals surface area (Å²) in [4.78, 5) is 19.0. The van der Waals surface area contributed by atoms with E-state index in [1.807, 2.05) is 0 Å². The average molecular weight is 645 g/mol. The predicted octanol–water partition coefficient (Wildman–Crippen LogP) is 4.86. The summed E-state index contributed by atoms with van der Waals surface area (Å²) in [5.41, 5.74) is 8.04. The molecule has 4 saturated heterocycles. The molecule has 0 amide bonds. The van der Waals surface area contributed by atoms with Crippen LogP contribution < -0.4 is 20.7 Å². The topological polar surface area (TPSA) is 125 Å². The number of aromatic nitrogens is 3. The van der Waals surface area contributed by atoms with Gasteiger partial charge in [0, 0.05) is 30.1 Å². The number of nitrogens with one attached hydrogen (secondary N) is 1. The zero-order valence-electron chi connectivity index (χ0n) is 25.4. The summed E-state index contributed by atoms with van der Waals surface area (Å²) >= 11 is 0.964. The molecule has 2 unspecified atom stereocenters. The normalized spacial score (nSPS) is 23.6. The van der Waals surface area contributed by atoms with E-state index >= 15 is 4.39 Å². The standard InChI is InChI=1S/C33H34F2N8O2S/c34-22-12-39-27(24-19(10-36)30(37)46-29(22)24)23-20-14-44-15-21(20)25-28(26(23)35)40-32(45-16-33-4-1-7-42(33)8-2-5-33)41-31(25)43-13-17-3-6-38-11-18(43)9-17/h12,17-18,38H,1-9,11,13-16,37H2. The first kappa shape index (κ1) is 28.5. The van der Waals surface area contributed by atoms with Crippen molar-refractivity contribution in [2.24, 2.45) is 5.92 Å². The van der Waals surface area contributed by atoms with Crippen LogP contribution in [0.2, 0.25) is 0 Å². The number of nitrogens with two attached hydrogens (primary N) is 1. The van der Waals surface area contributed by atoms with Crippen LogP contribution in [-0.2, 0) is 18.0 Å². The third-order valence-electron chi connectivity index (χ3n) is 11.0. The van der Waals surface area contributed by atoms with E-state index < -0.39 is 11.6 Å². The molecule has 4 aromatic rings. The summed E-state index contributed by atoms with van der Waals surface area (Å²) in [6.07, 6.45) is 7.59. The van der Waals surface area contributed by atoms with Gasteiger partial charge in [0.1, 0.15) is 29.0 Å². The Kier molecular flexibility index (Phi) is 6.61. The number of nitriles is 1. The third kappa shape index (κ3) is 4.16. The molecule has 0 aliphatic carbocycles. The lowest BCUT2D eigenvalue weighted by Crippen LogP contribution is -2.43. The second kappa shape index (κ2) is 10.7. The lowest BCUT2D eigenvalue weighted by Gasteiger charge is -2.32. The van der Waals surface area contributed by atoms with Crippen LogP contribution in [0.3, 0.4) is 0 Å². The molecule has 10 nitrogen and oxygen atoms in total. The number of rotatable bonds is 5. The predicted molar refractivity (Wildman–Crippen MR) is 171 cm³/mol. The van der Waals surface area contributed by atoms with Gasteiger partial charge in [0.25, 0.3) is 0 Å². The number of pyridine rings is 1. The van der Waals surface area contributed by atoms with Crippen molar-refractivity contribution in [3.63, 3.8) is 0 Å². The minimum atomic E-state index is -0.610. The summed E-state index contributed by atoms with van der Waals surface area (Å²) in [5, 5.41) is 14.5. The van der Waals surface area contributed by atoms with Gasteiger partial charge in [0.05, 0.1) is 46.3 Å². The molecule has 0 saturated carbocycles. The smallest absolute Gasteiger partial charge is 0.319 e. The maximum Gasteiger partial charge on any atom is 0.319 e. The maximum atomic E-state index is 17.3. The zero-order chi connectivity index (χ0) is 31.2. The van der Waals surface area contributed by atoms with E-state index in [-0.39, 0.29) is 68.2 Å². The highest BCUT2D eigenvalue weighted by atomic mass is 32.1. The van der Waals surface area contributed by atoms with Gasteiger partial charge in [-0.05, 0) is 75.2 Å². The van der Waals surface area contributed by atoms with Crippen LogP contribution >= 0.6 is 11.3 Å². The Morgan fingerprint density at radius 3 is 2.83 bits per heavy atom. The number of halogens is 2. The highest BCUT2D eigenvalue weighted by Gasteiger charge is 2.45. The molecule has 238 valence electrons. The number of thiophene rings is 1. The van der Waals surface area contributed by atoms with Crippen molar-refractivity contribution in [2.75, 3.05) is 50.0 Å². The van der Waals surface area contributed by atoms with Crippen molar-refractivity contribution >= 4 is 43.1 Å². The van der Waals surface area contributed by atoms with Gasteiger partial charge < -0.3 is 25.4 Å². The van der Waals surface area contributed by atoms with Crippen LogP contribution in [0.4, 0.5) is 19.6 Å². The second-order valence-electron chi connectivity index (χ2n) is 13.4. The molecule has 5 aliphatic heterocycles. The van der Waals surface area contributed by atoms with E-state index in [1.165, 1.54) is 0 Å². The second-order valence-corrected chi connectivity index (χ2v) is 14.5. The Morgan fingerprint density at radius 2 is 2.00 bits per heavy atom. The number of benzene rings is 1. The summed E-state index contributed by atoms with van der Waals surface area (Å²) < 4.78 is 44.9. The van der Waals surface area contributed by atoms with Crippen LogP contribution in [0.25, 0.3) is 32.2 Å². The van der Waals surface area contributed by atoms with E-state index in [4.69, 9.17) is 25.2 Å². The molecule has 1 aromatic carbocycles. The van der Waals surface area contributed by atoms with Gasteiger partial charge in [-0.2, -0.15) is 15.2 Å². The molecule has 4 fully saturated rings. The first-order valence-electron chi connectivity index (χ1n) is 16.2. The highest BCUT2D eigenvalue weighted by Crippen LogP contribution is 2.48. The zero-order valence-corrected chi connectivity index (χ0v) is 26.2. The molecule has 8 heterocycles. The number of hydrogen-bond acceptors (Lipinski definition) is 11. The number of ether oxygens (including phenoxy) is 2. The SMILES string of the molecule is N#Cc1c(N)sc2c(F)cnc(-c3c4c(c5c(N6CC7CCNCC6C7)nc(OCC67CCCN6CCC7)nc5c3F)COC4)c12. The van der Waals surface area contributed by atoms with Crippen molar-refractivity contribution in [1.29, 1.82) is 5.26 Å². The largest absolute Gasteiger partial charge is 0.461 e. The van der Waals surface area contributed by atoms with Gasteiger partial charge in [0.2, 0.25) is 0 Å². The Bertz CT molecular complexity index is 1950. The van der Waals surface area contributed by atoms with Crippen LogP contribution in [-0.4, -0.2) is 70.8 Å². The first-order valence-corrected chi connectivity index (χ1v) is 17.0. The molecule has 0 radical (unpaired) electrons. The van der Waals surface area contributed by atoms with Crippen molar-refractivity contribution in [3.8, 4) is 23.3 Å². The summed E-state index contributed by atoms with van der Waals surface area (Å²) in [6, 6.07) is 2.45. The number of nitrogen functional groups attached to an aromatic ring is 1. The molecule has 2 bridgehead atoms. The fourth-order valence-corrected chi connectivity index (χ4v) is 9.73. The quantitative estimate of drug-likeness (QED) is 0.311. The van der Waals surface area contributed by atoms with E-state index in [9.17, 15) is 9.65 Å². The summed E-state index contributed by atoms with van der Waals surface area (Å²) in [7, 11) is 0. The van der Waals surface area contributed by atoms with E-state index in [2.05, 4.69) is 26.2 Å². The Hall–Kier alpha value is -3.70. The van der Waals surface area contributed by atoms with Crippen molar-refractivity contribution in [3.05, 3.63) is 34.5 Å². The Morgan fingerprint density at radius 1 is 1.17 bits per heavy atom. The van der Waals surface area contributed by atoms with Gasteiger partial charge in [-0.15, -0.1) is 11.3 Å². The van der Waals surface area contributed by atoms with Gasteiger partial charge in [-0.1, -0.05) is 0 Å². The van der Waals surface area contributed by atoms with E-state index in [0.29, 0.717) is 29.3 Å². The molecule has 2 atom stereocenters. The molecular formula is C33H34F2N8O2S. The van der Waals surface area contributed by atoms with Crippen molar-refractivity contribution < 1.29 is 18.3 Å². The lowest BCUT2D eigenvalue weighted by molar-refractivity contribution is 0.108. The fourth-order valence-electron chi connectivity index (χ4n) is 8.81. The van der Waals surface area contributed by atoms with Crippen molar-refractivity contribution in [1.82, 2.24) is 25.2 Å². The molecule has 9 rings (SSSR count). The number of nitrogens with zero attached hydrogens (tertiary/aromatic N) is 6. The fraction of sp³-hybridized carbons (Fsp3) is 0.515. The van der Waals surface area contributed by atoms with Gasteiger partial charge >= 0.3 is 6.01 Å². The Balaban J connectivity index is 1.27.